The molecule has 0 spiro atoms. The van der Waals surface area contributed by atoms with E-state index in [0.717, 1.165) is 0 Å². The Morgan fingerprint density at radius 2 is 2.00 bits per heavy atom. The first kappa shape index (κ1) is 15.7. The maximum Gasteiger partial charge on any atom is 0.296 e. The van der Waals surface area contributed by atoms with Crippen LogP contribution in [0.25, 0.3) is 0 Å². The summed E-state index contributed by atoms with van der Waals surface area (Å²) in [5, 5.41) is 11.4. The summed E-state index contributed by atoms with van der Waals surface area (Å²) in [5.74, 6) is 0. The minimum Gasteiger partial charge on any atom is -0.392 e. The third-order valence-electron chi connectivity index (χ3n) is 3.02. The first-order chi connectivity index (χ1) is 8.84. The van der Waals surface area contributed by atoms with Crippen molar-refractivity contribution >= 4 is 34.4 Å². The fraction of sp³-hybridized carbons (Fsp3) is 0.600. The minimum absolute atomic E-state index is 0.00875. The normalized spacial score (nSPS) is 20.5. The van der Waals surface area contributed by atoms with Crippen molar-refractivity contribution in [2.75, 3.05) is 19.8 Å². The molecule has 1 atom stereocenters. The van der Waals surface area contributed by atoms with Gasteiger partial charge in [-0.05, 0) is 13.5 Å². The van der Waals surface area contributed by atoms with Crippen LogP contribution in [0.1, 0.15) is 13.8 Å². The van der Waals surface area contributed by atoms with E-state index in [1.165, 1.54) is 0 Å². The molecule has 0 aliphatic carbocycles. The Hall–Kier alpha value is -1.32. The van der Waals surface area contributed by atoms with E-state index in [9.17, 15) is 10.1 Å². The van der Waals surface area contributed by atoms with Crippen LogP contribution in [0.2, 0.25) is 0 Å². The lowest BCUT2D eigenvalue weighted by Crippen LogP contribution is -2.57. The zero-order valence-corrected chi connectivity index (χ0v) is 12.5. The molecule has 106 valence electrons. The van der Waals surface area contributed by atoms with Crippen LogP contribution in [-0.4, -0.2) is 50.5 Å². The highest BCUT2D eigenvalue weighted by Crippen LogP contribution is 2.25. The molecule has 1 aliphatic rings. The largest absolute Gasteiger partial charge is 0.392 e. The topological polar surface area (TPSA) is 102 Å². The van der Waals surface area contributed by atoms with Crippen LogP contribution in [0.3, 0.4) is 0 Å². The average Bonchev–Trinajstić information content (AvgIpc) is 2.35. The van der Waals surface area contributed by atoms with Gasteiger partial charge < -0.3 is 16.4 Å². The summed E-state index contributed by atoms with van der Waals surface area (Å²) in [7, 11) is 0. The second kappa shape index (κ2) is 6.22. The van der Waals surface area contributed by atoms with E-state index in [0.29, 0.717) is 19.8 Å². The molecule has 0 radical (unpaired) electrons. The summed E-state index contributed by atoms with van der Waals surface area (Å²) in [6.07, 6.45) is 0. The number of hydrogen-bond acceptors (Lipinski definition) is 6. The highest BCUT2D eigenvalue weighted by Gasteiger charge is 2.42. The second-order valence-corrected chi connectivity index (χ2v) is 4.97. The van der Waals surface area contributed by atoms with Crippen LogP contribution in [0, 0.1) is 10.1 Å². The van der Waals surface area contributed by atoms with E-state index in [-0.39, 0.29) is 21.4 Å². The van der Waals surface area contributed by atoms with Crippen LogP contribution in [0.5, 0.6) is 0 Å². The van der Waals surface area contributed by atoms with Crippen LogP contribution in [0.15, 0.2) is 11.4 Å². The van der Waals surface area contributed by atoms with Gasteiger partial charge in [0.05, 0.1) is 11.6 Å². The highest BCUT2D eigenvalue weighted by molar-refractivity contribution is 7.80. The number of rotatable bonds is 5. The van der Waals surface area contributed by atoms with E-state index in [1.807, 2.05) is 18.7 Å². The Balaban J connectivity index is 3.49. The van der Waals surface area contributed by atoms with Crippen molar-refractivity contribution in [3.05, 3.63) is 21.5 Å². The van der Waals surface area contributed by atoms with Crippen LogP contribution in [0.4, 0.5) is 0 Å². The van der Waals surface area contributed by atoms with Crippen molar-refractivity contribution in [3.8, 4) is 0 Å². The predicted molar refractivity (Wildman–Crippen MR) is 81.0 cm³/mol. The van der Waals surface area contributed by atoms with Crippen molar-refractivity contribution in [1.29, 1.82) is 0 Å². The summed E-state index contributed by atoms with van der Waals surface area (Å²) in [5.41, 5.74) is 11.4. The number of likely N-dealkylation sites (N-methyl/N-ethyl adjacent to an activating group) is 2. The molecule has 0 aromatic carbocycles. The van der Waals surface area contributed by atoms with Crippen molar-refractivity contribution in [1.82, 2.24) is 9.80 Å². The van der Waals surface area contributed by atoms with E-state index in [4.69, 9.17) is 35.9 Å². The van der Waals surface area contributed by atoms with Gasteiger partial charge in [0.2, 0.25) is 0 Å². The third kappa shape index (κ3) is 2.99. The molecule has 9 heteroatoms. The fourth-order valence-corrected chi connectivity index (χ4v) is 2.65. The molecule has 0 amide bonds. The molecule has 0 saturated carbocycles. The summed E-state index contributed by atoms with van der Waals surface area (Å²) in [4.78, 5) is 14.5. The number of thiocarbonyl (C=S) groups is 2. The molecule has 0 fully saturated rings. The van der Waals surface area contributed by atoms with Gasteiger partial charge in [0.1, 0.15) is 15.7 Å². The van der Waals surface area contributed by atoms with Crippen molar-refractivity contribution in [3.63, 3.8) is 0 Å². The SMILES string of the molecule is CCN1CN(CC)C(C(N)=S)C([N+](=O)[O-])=C1C(N)=S. The molecule has 0 aromatic heterocycles. The summed E-state index contributed by atoms with van der Waals surface area (Å²) in [6.45, 7) is 5.37. The van der Waals surface area contributed by atoms with Crippen molar-refractivity contribution in [2.24, 2.45) is 11.5 Å². The third-order valence-corrected chi connectivity index (χ3v) is 3.44. The van der Waals surface area contributed by atoms with Crippen LogP contribution < -0.4 is 11.5 Å². The predicted octanol–water partition coefficient (Wildman–Crippen LogP) is 0.0304. The van der Waals surface area contributed by atoms with Crippen molar-refractivity contribution in [2.45, 2.75) is 19.9 Å². The highest BCUT2D eigenvalue weighted by atomic mass is 32.1. The maximum atomic E-state index is 11.4. The molecule has 1 aliphatic heterocycles. The Bertz CT molecular complexity index is 451. The van der Waals surface area contributed by atoms with E-state index in [2.05, 4.69) is 0 Å². The number of nitrogens with zero attached hydrogens (tertiary/aromatic N) is 3. The lowest BCUT2D eigenvalue weighted by Gasteiger charge is -2.39. The van der Waals surface area contributed by atoms with E-state index < -0.39 is 11.0 Å². The van der Waals surface area contributed by atoms with Gasteiger partial charge in [0, 0.05) is 6.54 Å². The second-order valence-electron chi connectivity index (χ2n) is 4.06. The monoisotopic (exact) mass is 303 g/mol. The fourth-order valence-electron chi connectivity index (χ4n) is 2.16. The van der Waals surface area contributed by atoms with Crippen molar-refractivity contribution < 1.29 is 4.92 Å². The summed E-state index contributed by atoms with van der Waals surface area (Å²) < 4.78 is 0. The lowest BCUT2D eigenvalue weighted by atomic mass is 10.1. The molecule has 1 heterocycles. The standard InChI is InChI=1S/C10H17N5O2S2/c1-3-13-5-14(4-2)8(10(12)19)6(15(16)17)7(13)9(11)18/h7H,3-5H2,1-2H3,(H2,11,18)(H2,12,19). The zero-order valence-electron chi connectivity index (χ0n) is 10.8. The van der Waals surface area contributed by atoms with Gasteiger partial charge in [-0.3, -0.25) is 15.0 Å². The van der Waals surface area contributed by atoms with Gasteiger partial charge in [-0.1, -0.05) is 31.4 Å². The molecule has 7 nitrogen and oxygen atoms in total. The Morgan fingerprint density at radius 1 is 1.42 bits per heavy atom. The minimum atomic E-state index is -0.741. The van der Waals surface area contributed by atoms with Crippen LogP contribution in [-0.2, 0) is 0 Å². The first-order valence-electron chi connectivity index (χ1n) is 5.81. The molecule has 1 rings (SSSR count). The molecule has 4 N–H and O–H groups in total. The lowest BCUT2D eigenvalue weighted by molar-refractivity contribution is -0.434. The molecule has 0 bridgehead atoms. The molecular formula is C10H17N5O2S2. The summed E-state index contributed by atoms with van der Waals surface area (Å²) in [6, 6.07) is -0.741. The molecule has 19 heavy (non-hydrogen) atoms. The number of hydrogen-bond donors (Lipinski definition) is 2. The first-order valence-corrected chi connectivity index (χ1v) is 6.63. The molecule has 0 aromatic rings. The van der Waals surface area contributed by atoms with E-state index >= 15 is 0 Å². The number of nitro groups is 1. The van der Waals surface area contributed by atoms with Gasteiger partial charge in [0.25, 0.3) is 5.70 Å². The quantitative estimate of drug-likeness (QED) is 0.417. The molecule has 1 unspecified atom stereocenters. The number of nitrogens with two attached hydrogens (primary N) is 2. The smallest absolute Gasteiger partial charge is 0.296 e. The van der Waals surface area contributed by atoms with Gasteiger partial charge in [0.15, 0.2) is 6.04 Å². The Kier molecular flexibility index (Phi) is 5.15. The Labute approximate surface area is 122 Å². The maximum absolute atomic E-state index is 11.4. The zero-order chi connectivity index (χ0) is 14.7. The molecule has 0 saturated heterocycles. The van der Waals surface area contributed by atoms with Gasteiger partial charge >= 0.3 is 0 Å². The van der Waals surface area contributed by atoms with E-state index in [1.54, 1.807) is 4.90 Å². The van der Waals surface area contributed by atoms with Gasteiger partial charge in [-0.15, -0.1) is 0 Å². The summed E-state index contributed by atoms with van der Waals surface area (Å²) >= 11 is 9.91. The van der Waals surface area contributed by atoms with Crippen LogP contribution >= 0.6 is 24.4 Å². The average molecular weight is 303 g/mol. The van der Waals surface area contributed by atoms with Gasteiger partial charge in [-0.2, -0.15) is 0 Å². The molecular weight excluding hydrogens is 286 g/mol. The Morgan fingerprint density at radius 3 is 2.32 bits per heavy atom. The van der Waals surface area contributed by atoms with Gasteiger partial charge in [-0.25, -0.2) is 0 Å².